The molecular formula is C7H10N2O5S2. The number of allylic oxidation sites excluding steroid dienone is 1. The minimum absolute atomic E-state index is 0.150. The third-order valence-electron chi connectivity index (χ3n) is 1.54. The monoisotopic (exact) mass is 266 g/mol. The lowest BCUT2D eigenvalue weighted by Gasteiger charge is -1.95. The summed E-state index contributed by atoms with van der Waals surface area (Å²) in [4.78, 5) is 13.5. The fourth-order valence-corrected chi connectivity index (χ4v) is 2.74. The van der Waals surface area contributed by atoms with E-state index in [0.717, 1.165) is 0 Å². The van der Waals surface area contributed by atoms with Crippen molar-refractivity contribution in [3.63, 3.8) is 0 Å². The Balaban J connectivity index is 5.46. The molecule has 0 saturated carbocycles. The fourth-order valence-electron chi connectivity index (χ4n) is 0.729. The molecule has 90 valence electrons. The summed E-state index contributed by atoms with van der Waals surface area (Å²) in [5.74, 6) is -1.08. The molecular weight excluding hydrogens is 256 g/mol. The Morgan fingerprint density at radius 1 is 1.38 bits per heavy atom. The van der Waals surface area contributed by atoms with Gasteiger partial charge >= 0.3 is 13.9 Å². The Kier molecular flexibility index (Phi) is 4.73. The first-order valence-electron chi connectivity index (χ1n) is 3.99. The average Bonchev–Trinajstić information content (AvgIpc) is 2.13. The lowest BCUT2D eigenvalue weighted by molar-refractivity contribution is -0.116. The van der Waals surface area contributed by atoms with E-state index in [1.807, 2.05) is 0 Å². The molecule has 0 rings (SSSR count). The van der Waals surface area contributed by atoms with E-state index < -0.39 is 28.6 Å². The Morgan fingerprint density at radius 3 is 2.19 bits per heavy atom. The van der Waals surface area contributed by atoms with Crippen LogP contribution in [0, 0.1) is 0 Å². The second-order valence-corrected chi connectivity index (χ2v) is 8.65. The second-order valence-electron chi connectivity index (χ2n) is 2.81. The van der Waals surface area contributed by atoms with E-state index in [-0.39, 0.29) is 12.8 Å². The molecule has 0 saturated heterocycles. The molecule has 0 atom stereocenters. The van der Waals surface area contributed by atoms with Crippen molar-refractivity contribution in [3.05, 3.63) is 18.2 Å². The molecule has 0 amide bonds. The van der Waals surface area contributed by atoms with Crippen molar-refractivity contribution in [3.8, 4) is 0 Å². The maximum absolute atomic E-state index is 11.3. The van der Waals surface area contributed by atoms with Gasteiger partial charge in [0, 0.05) is 6.42 Å². The minimum Gasteiger partial charge on any atom is -0.360 e. The van der Waals surface area contributed by atoms with Crippen LogP contribution in [0.5, 0.6) is 0 Å². The summed E-state index contributed by atoms with van der Waals surface area (Å²) >= 11 is 0. The maximum Gasteiger partial charge on any atom is 0.462 e. The SMILES string of the molecule is C=CCCC(=O)C(=[N+]=[N-])S(=O)(=O)S(C)(=O)=O. The van der Waals surface area contributed by atoms with Gasteiger partial charge in [-0.2, -0.15) is 8.42 Å². The highest BCUT2D eigenvalue weighted by Gasteiger charge is 2.43. The summed E-state index contributed by atoms with van der Waals surface area (Å²) in [5, 5.41) is -1.36. The zero-order valence-corrected chi connectivity index (χ0v) is 10.1. The van der Waals surface area contributed by atoms with E-state index in [4.69, 9.17) is 5.53 Å². The maximum atomic E-state index is 11.3. The Bertz CT molecular complexity index is 552. The van der Waals surface area contributed by atoms with Crippen LogP contribution in [0.2, 0.25) is 0 Å². The van der Waals surface area contributed by atoms with Crippen LogP contribution < -0.4 is 0 Å². The number of rotatable bonds is 5. The number of hydrogen-bond acceptors (Lipinski definition) is 5. The third kappa shape index (κ3) is 3.09. The lowest BCUT2D eigenvalue weighted by Crippen LogP contribution is -2.30. The molecule has 0 bridgehead atoms. The molecule has 9 heteroatoms. The Hall–Kier alpha value is -1.31. The van der Waals surface area contributed by atoms with Crippen LogP contribution in [-0.4, -0.2) is 38.7 Å². The molecule has 0 heterocycles. The molecule has 0 aromatic carbocycles. The Morgan fingerprint density at radius 2 is 1.88 bits per heavy atom. The molecule has 0 aromatic rings. The van der Waals surface area contributed by atoms with Gasteiger partial charge < -0.3 is 5.53 Å². The molecule has 16 heavy (non-hydrogen) atoms. The number of carbonyl (C=O) groups is 1. The third-order valence-corrected chi connectivity index (χ3v) is 5.99. The zero-order chi connectivity index (χ0) is 13.0. The van der Waals surface area contributed by atoms with E-state index in [1.54, 1.807) is 0 Å². The topological polar surface area (TPSA) is 122 Å². The van der Waals surface area contributed by atoms with E-state index in [9.17, 15) is 21.6 Å². The van der Waals surface area contributed by atoms with Gasteiger partial charge in [0.05, 0.1) is 6.26 Å². The summed E-state index contributed by atoms with van der Waals surface area (Å²) in [7, 11) is -9.48. The van der Waals surface area contributed by atoms with Gasteiger partial charge in [-0.15, -0.1) is 11.4 Å². The molecule has 0 unspecified atom stereocenters. The van der Waals surface area contributed by atoms with Crippen LogP contribution in [0.1, 0.15) is 12.8 Å². The van der Waals surface area contributed by atoms with Crippen LogP contribution in [0.25, 0.3) is 5.53 Å². The van der Waals surface area contributed by atoms with Gasteiger partial charge in [0.2, 0.25) is 0 Å². The first-order chi connectivity index (χ1) is 7.18. The standard InChI is InChI=1S/C7H10N2O5S2/c1-3-4-5-6(10)7(9-8)16(13,14)15(2,11)12/h3H,1,4-5H2,2H3. The molecule has 0 radical (unpaired) electrons. The molecule has 0 aromatic heterocycles. The van der Waals surface area contributed by atoms with Gasteiger partial charge in [0.1, 0.15) is 0 Å². The molecule has 0 fully saturated rings. The van der Waals surface area contributed by atoms with Crippen LogP contribution >= 0.6 is 0 Å². The van der Waals surface area contributed by atoms with Crippen molar-refractivity contribution in [2.45, 2.75) is 12.8 Å². The van der Waals surface area contributed by atoms with Gasteiger partial charge in [-0.1, -0.05) is 6.08 Å². The zero-order valence-electron chi connectivity index (χ0n) is 8.45. The number of Topliss-reactive ketones (excluding diaryl/α,β-unsaturated/α-hetero) is 1. The van der Waals surface area contributed by atoms with Crippen LogP contribution in [-0.2, 0) is 22.5 Å². The van der Waals surface area contributed by atoms with Crippen molar-refractivity contribution in [2.75, 3.05) is 6.26 Å². The highest BCUT2D eigenvalue weighted by Crippen LogP contribution is 2.06. The van der Waals surface area contributed by atoms with Crippen molar-refractivity contribution >= 4 is 28.6 Å². The molecule has 0 aliphatic heterocycles. The van der Waals surface area contributed by atoms with Crippen LogP contribution in [0.3, 0.4) is 0 Å². The van der Waals surface area contributed by atoms with E-state index >= 15 is 0 Å². The van der Waals surface area contributed by atoms with Crippen molar-refractivity contribution in [1.82, 2.24) is 0 Å². The Labute approximate surface area is 92.6 Å². The van der Waals surface area contributed by atoms with Crippen molar-refractivity contribution in [1.29, 1.82) is 0 Å². The van der Waals surface area contributed by atoms with Gasteiger partial charge in [-0.3, -0.25) is 4.79 Å². The fraction of sp³-hybridized carbons (Fsp3) is 0.429. The van der Waals surface area contributed by atoms with Crippen molar-refractivity contribution < 1.29 is 26.4 Å². The summed E-state index contributed by atoms with van der Waals surface area (Å²) in [6, 6.07) is 0. The summed E-state index contributed by atoms with van der Waals surface area (Å²) in [5.41, 5.74) is 8.39. The lowest BCUT2D eigenvalue weighted by atomic mass is 10.2. The van der Waals surface area contributed by atoms with Crippen LogP contribution in [0.15, 0.2) is 12.7 Å². The molecule has 0 N–H and O–H groups in total. The second kappa shape index (κ2) is 5.15. The van der Waals surface area contributed by atoms with Gasteiger partial charge in [-0.05, 0) is 6.42 Å². The average molecular weight is 266 g/mol. The van der Waals surface area contributed by atoms with E-state index in [2.05, 4.69) is 11.4 Å². The predicted molar refractivity (Wildman–Crippen MR) is 56.8 cm³/mol. The van der Waals surface area contributed by atoms with Crippen LogP contribution in [0.4, 0.5) is 0 Å². The number of hydrogen-bond donors (Lipinski definition) is 0. The summed E-state index contributed by atoms with van der Waals surface area (Å²) in [6.45, 7) is 3.31. The predicted octanol–water partition coefficient (Wildman–Crippen LogP) is -0.476. The van der Waals surface area contributed by atoms with Gasteiger partial charge in [0.25, 0.3) is 14.7 Å². The summed E-state index contributed by atoms with van der Waals surface area (Å²) in [6.07, 6.45) is 1.61. The first kappa shape index (κ1) is 14.7. The largest absolute Gasteiger partial charge is 0.462 e. The van der Waals surface area contributed by atoms with Gasteiger partial charge in [-0.25, -0.2) is 8.42 Å². The molecule has 7 nitrogen and oxygen atoms in total. The number of carbonyl (C=O) groups excluding carboxylic acids is 1. The van der Waals surface area contributed by atoms with Crippen molar-refractivity contribution in [2.24, 2.45) is 0 Å². The normalized spacial score (nSPS) is 11.6. The summed E-state index contributed by atoms with van der Waals surface area (Å²) < 4.78 is 44.3. The van der Waals surface area contributed by atoms with Gasteiger partial charge in [0.15, 0.2) is 0 Å². The number of ketones is 1. The highest BCUT2D eigenvalue weighted by atomic mass is 33.2. The highest BCUT2D eigenvalue weighted by molar-refractivity contribution is 8.73. The van der Waals surface area contributed by atoms with E-state index in [0.29, 0.717) is 6.26 Å². The van der Waals surface area contributed by atoms with E-state index in [1.165, 1.54) is 6.08 Å². The molecule has 0 spiro atoms. The molecule has 0 aliphatic rings. The number of nitrogens with zero attached hydrogens (tertiary/aromatic N) is 2. The quantitative estimate of drug-likeness (QED) is 0.166. The first-order valence-corrected chi connectivity index (χ1v) is 7.88. The molecule has 0 aliphatic carbocycles. The minimum atomic E-state index is -4.93. The smallest absolute Gasteiger partial charge is 0.360 e.